The van der Waals surface area contributed by atoms with Crippen LogP contribution in [-0.4, -0.2) is 40.8 Å². The van der Waals surface area contributed by atoms with Crippen molar-refractivity contribution >= 4 is 29.2 Å². The van der Waals surface area contributed by atoms with Crippen LogP contribution in [0, 0.1) is 16.7 Å². The van der Waals surface area contributed by atoms with Crippen molar-refractivity contribution in [2.24, 2.45) is 16.7 Å². The number of amides is 1. The number of aromatic nitrogens is 2. The number of fused-ring (bicyclic) bond motifs is 2. The Balaban J connectivity index is 0.000000152. The molecule has 1 amide bonds. The van der Waals surface area contributed by atoms with Crippen LogP contribution in [-0.2, 0) is 22.4 Å². The molecule has 0 unspecified atom stereocenters. The van der Waals surface area contributed by atoms with Gasteiger partial charge in [0.05, 0.1) is 25.3 Å². The van der Waals surface area contributed by atoms with Crippen LogP contribution in [0.15, 0.2) is 42.6 Å². The average Bonchev–Trinajstić information content (AvgIpc) is 3.41. The van der Waals surface area contributed by atoms with Crippen LogP contribution in [0.1, 0.15) is 80.3 Å². The number of H-pyrrole nitrogens is 1. The van der Waals surface area contributed by atoms with Crippen molar-refractivity contribution in [3.05, 3.63) is 70.5 Å². The average molecular weight is 576 g/mol. The van der Waals surface area contributed by atoms with E-state index in [1.807, 2.05) is 18.3 Å². The molecule has 216 valence electrons. The number of benzene rings is 2. The Morgan fingerprint density at radius 2 is 1.51 bits per heavy atom. The fraction of sp³-hybridized carbons (Fsp3) is 0.485. The van der Waals surface area contributed by atoms with Crippen LogP contribution in [0.4, 0.5) is 5.95 Å². The standard InChI is InChI=1S/C18H21N3O2.C15H17ClO2/c1-10(22)20-17-19-9-13(21-17)16-15(18(16,2)3)12-5-4-6-14-11(12)7-8-23-14;1-15(2)13(14(15)11(17)8-16)10-4-3-5-12-9(10)6-7-18-12/h4-6,9,15-16H,7-8H2,1-3H3,(H2,19,20,21,22);3-5,13-14H,6-8H2,1-2H3/t15-,16-;13-,14-/m11/s1. The molecule has 3 heterocycles. The Kier molecular flexibility index (Phi) is 6.92. The third-order valence-corrected chi connectivity index (χ3v) is 9.85. The van der Waals surface area contributed by atoms with E-state index >= 15 is 0 Å². The van der Waals surface area contributed by atoms with Gasteiger partial charge in [0.15, 0.2) is 5.78 Å². The molecular formula is C33H38ClN3O4. The molecule has 0 radical (unpaired) electrons. The number of carbonyl (C=O) groups excluding carboxylic acids is 2. The van der Waals surface area contributed by atoms with Crippen molar-refractivity contribution in [1.82, 2.24) is 9.97 Å². The topological polar surface area (TPSA) is 93.3 Å². The molecule has 2 N–H and O–H groups in total. The van der Waals surface area contributed by atoms with Crippen LogP contribution in [0.5, 0.6) is 11.5 Å². The summed E-state index contributed by atoms with van der Waals surface area (Å²) in [6.07, 6.45) is 3.79. The SMILES string of the molecule is CC(=O)Nc1ncc([C@@H]2[C@@H](c3cccc4c3CCO4)C2(C)C)[nH]1.CC1(C)[C@H](C(=O)CCl)[C@H]1c1cccc2c1CCO2. The van der Waals surface area contributed by atoms with Gasteiger partial charge in [-0.25, -0.2) is 4.98 Å². The first kappa shape index (κ1) is 27.8. The zero-order valence-electron chi connectivity index (χ0n) is 24.3. The van der Waals surface area contributed by atoms with Crippen molar-refractivity contribution in [3.63, 3.8) is 0 Å². The summed E-state index contributed by atoms with van der Waals surface area (Å²) < 4.78 is 11.3. The lowest BCUT2D eigenvalue weighted by Gasteiger charge is -2.08. The third kappa shape index (κ3) is 4.82. The quantitative estimate of drug-likeness (QED) is 0.333. The number of nitrogens with zero attached hydrogens (tertiary/aromatic N) is 1. The Morgan fingerprint density at radius 1 is 0.927 bits per heavy atom. The lowest BCUT2D eigenvalue weighted by molar-refractivity contribution is -0.118. The van der Waals surface area contributed by atoms with Gasteiger partial charge in [0, 0.05) is 54.3 Å². The van der Waals surface area contributed by atoms with Crippen LogP contribution in [0.3, 0.4) is 0 Å². The van der Waals surface area contributed by atoms with E-state index in [9.17, 15) is 9.59 Å². The van der Waals surface area contributed by atoms with Crippen molar-refractivity contribution in [2.75, 3.05) is 24.4 Å². The number of halogens is 1. The molecule has 7 rings (SSSR count). The summed E-state index contributed by atoms with van der Waals surface area (Å²) in [7, 11) is 0. The fourth-order valence-corrected chi connectivity index (χ4v) is 7.67. The highest BCUT2D eigenvalue weighted by molar-refractivity contribution is 6.28. The van der Waals surface area contributed by atoms with Gasteiger partial charge in [-0.2, -0.15) is 0 Å². The first-order valence-corrected chi connectivity index (χ1v) is 15.0. The molecule has 4 atom stereocenters. The monoisotopic (exact) mass is 575 g/mol. The second-order valence-corrected chi connectivity index (χ2v) is 13.1. The molecule has 3 aromatic rings. The molecule has 0 spiro atoms. The van der Waals surface area contributed by atoms with Gasteiger partial charge >= 0.3 is 0 Å². The van der Waals surface area contributed by atoms with Crippen molar-refractivity contribution in [2.45, 2.75) is 65.2 Å². The number of ketones is 1. The van der Waals surface area contributed by atoms with Crippen LogP contribution in [0.2, 0.25) is 0 Å². The molecular weight excluding hydrogens is 538 g/mol. The van der Waals surface area contributed by atoms with Gasteiger partial charge in [0.2, 0.25) is 11.9 Å². The van der Waals surface area contributed by atoms with E-state index < -0.39 is 0 Å². The molecule has 2 fully saturated rings. The van der Waals surface area contributed by atoms with E-state index in [4.69, 9.17) is 21.1 Å². The van der Waals surface area contributed by atoms with E-state index in [2.05, 4.69) is 67.2 Å². The number of aromatic amines is 1. The first-order chi connectivity index (χ1) is 19.6. The summed E-state index contributed by atoms with van der Waals surface area (Å²) in [5.74, 6) is 3.93. The Hall–Kier alpha value is -3.32. The predicted octanol–water partition coefficient (Wildman–Crippen LogP) is 6.38. The molecule has 2 saturated carbocycles. The minimum absolute atomic E-state index is 0.0314. The highest BCUT2D eigenvalue weighted by atomic mass is 35.5. The number of imidazole rings is 1. The number of hydrogen-bond acceptors (Lipinski definition) is 5. The molecule has 0 saturated heterocycles. The molecule has 4 aliphatic rings. The number of nitrogens with one attached hydrogen (secondary N) is 2. The molecule has 7 nitrogen and oxygen atoms in total. The van der Waals surface area contributed by atoms with Gasteiger partial charge < -0.3 is 14.5 Å². The largest absolute Gasteiger partial charge is 0.493 e. The Labute approximate surface area is 246 Å². The Morgan fingerprint density at radius 3 is 2.07 bits per heavy atom. The number of alkyl halides is 1. The van der Waals surface area contributed by atoms with Gasteiger partial charge in [-0.1, -0.05) is 52.0 Å². The molecule has 2 aliphatic heterocycles. The summed E-state index contributed by atoms with van der Waals surface area (Å²) in [6.45, 7) is 11.9. The van der Waals surface area contributed by atoms with Crippen LogP contribution >= 0.6 is 11.6 Å². The van der Waals surface area contributed by atoms with Gasteiger partial charge in [-0.15, -0.1) is 11.6 Å². The molecule has 41 heavy (non-hydrogen) atoms. The number of carbonyl (C=O) groups is 2. The molecule has 2 aromatic carbocycles. The van der Waals surface area contributed by atoms with Crippen molar-refractivity contribution in [1.29, 1.82) is 0 Å². The van der Waals surface area contributed by atoms with Gasteiger partial charge in [-0.05, 0) is 40.0 Å². The summed E-state index contributed by atoms with van der Waals surface area (Å²) in [5, 5.41) is 2.71. The maximum absolute atomic E-state index is 11.9. The summed E-state index contributed by atoms with van der Waals surface area (Å²) in [6, 6.07) is 12.5. The van der Waals surface area contributed by atoms with Gasteiger partial charge in [-0.3, -0.25) is 14.9 Å². The maximum atomic E-state index is 11.9. The van der Waals surface area contributed by atoms with Crippen LogP contribution in [0.25, 0.3) is 0 Å². The number of hydrogen-bond donors (Lipinski definition) is 2. The predicted molar refractivity (Wildman–Crippen MR) is 159 cm³/mol. The minimum atomic E-state index is -0.115. The molecule has 8 heteroatoms. The second-order valence-electron chi connectivity index (χ2n) is 12.9. The smallest absolute Gasteiger partial charge is 0.223 e. The van der Waals surface area contributed by atoms with E-state index in [0.717, 1.165) is 43.2 Å². The van der Waals surface area contributed by atoms with E-state index in [1.54, 1.807) is 0 Å². The molecule has 1 aromatic heterocycles. The van der Waals surface area contributed by atoms with Gasteiger partial charge in [0.25, 0.3) is 0 Å². The van der Waals surface area contributed by atoms with Crippen molar-refractivity contribution < 1.29 is 19.1 Å². The van der Waals surface area contributed by atoms with E-state index in [1.165, 1.54) is 29.2 Å². The highest BCUT2D eigenvalue weighted by Gasteiger charge is 2.62. The lowest BCUT2D eigenvalue weighted by atomic mass is 9.96. The number of Topliss-reactive ketones (excluding diaryl/α,β-unsaturated/α-hetero) is 1. The number of rotatable bonds is 6. The zero-order valence-corrected chi connectivity index (χ0v) is 25.1. The third-order valence-electron chi connectivity index (χ3n) is 9.59. The summed E-state index contributed by atoms with van der Waals surface area (Å²) in [5.41, 5.74) is 6.61. The zero-order chi connectivity index (χ0) is 29.1. The molecule has 0 bridgehead atoms. The van der Waals surface area contributed by atoms with Crippen LogP contribution < -0.4 is 14.8 Å². The maximum Gasteiger partial charge on any atom is 0.223 e. The highest BCUT2D eigenvalue weighted by Crippen LogP contribution is 2.70. The number of ether oxygens (including phenoxy) is 2. The normalized spacial score (nSPS) is 25.5. The number of anilines is 1. The second kappa shape index (κ2) is 10.2. The summed E-state index contributed by atoms with van der Waals surface area (Å²) >= 11 is 5.71. The fourth-order valence-electron chi connectivity index (χ4n) is 7.50. The first-order valence-electron chi connectivity index (χ1n) is 14.5. The lowest BCUT2D eigenvalue weighted by Crippen LogP contribution is -2.07. The van der Waals surface area contributed by atoms with Crippen molar-refractivity contribution in [3.8, 4) is 11.5 Å². The van der Waals surface area contributed by atoms with E-state index in [0.29, 0.717) is 23.7 Å². The summed E-state index contributed by atoms with van der Waals surface area (Å²) in [4.78, 5) is 30.6. The molecule has 2 aliphatic carbocycles. The van der Waals surface area contributed by atoms with E-state index in [-0.39, 0.29) is 34.3 Å². The Bertz CT molecular complexity index is 1510. The van der Waals surface area contributed by atoms with Gasteiger partial charge in [0.1, 0.15) is 11.5 Å². The minimum Gasteiger partial charge on any atom is -0.493 e.